The number of anilines is 4. The third-order valence-electron chi connectivity index (χ3n) is 5.79. The van der Waals surface area contributed by atoms with Gasteiger partial charge >= 0.3 is 0 Å². The second kappa shape index (κ2) is 7.36. The summed E-state index contributed by atoms with van der Waals surface area (Å²) in [6.07, 6.45) is 5.05. The maximum atomic E-state index is 11.7. The molecule has 1 aromatic carbocycles. The van der Waals surface area contributed by atoms with Crippen LogP contribution in [-0.2, 0) is 11.2 Å². The molecule has 0 radical (unpaired) electrons. The lowest BCUT2D eigenvalue weighted by Crippen LogP contribution is -2.36. The zero-order valence-electron chi connectivity index (χ0n) is 16.1. The topological polar surface area (TPSA) is 109 Å². The number of rotatable bonds is 4. The van der Waals surface area contributed by atoms with Crippen molar-refractivity contribution >= 4 is 40.1 Å². The number of hydrogen-bond acceptors (Lipinski definition) is 7. The van der Waals surface area contributed by atoms with Crippen LogP contribution >= 0.6 is 0 Å². The molecule has 0 atom stereocenters. The molecular weight excluding hydrogens is 368 g/mol. The fraction of sp³-hybridized carbons (Fsp3) is 0.381. The summed E-state index contributed by atoms with van der Waals surface area (Å²) in [7, 11) is 0. The first-order valence-corrected chi connectivity index (χ1v) is 10.1. The van der Waals surface area contributed by atoms with E-state index in [2.05, 4.69) is 20.5 Å². The molecule has 0 saturated carbocycles. The van der Waals surface area contributed by atoms with E-state index in [4.69, 9.17) is 15.1 Å². The van der Waals surface area contributed by atoms with Gasteiger partial charge in [-0.25, -0.2) is 4.98 Å². The van der Waals surface area contributed by atoms with Crippen molar-refractivity contribution in [2.45, 2.75) is 25.7 Å². The van der Waals surface area contributed by atoms with Crippen LogP contribution in [0, 0.1) is 5.92 Å². The molecule has 4 N–H and O–H groups in total. The lowest BCUT2D eigenvalue weighted by atomic mass is 9.97. The zero-order chi connectivity index (χ0) is 19.8. The summed E-state index contributed by atoms with van der Waals surface area (Å²) in [5, 5.41) is 6.22. The Labute approximate surface area is 168 Å². The summed E-state index contributed by atoms with van der Waals surface area (Å²) >= 11 is 0. The highest BCUT2D eigenvalue weighted by Gasteiger charge is 2.23. The van der Waals surface area contributed by atoms with Crippen molar-refractivity contribution in [3.8, 4) is 0 Å². The normalized spacial score (nSPS) is 17.3. The predicted molar refractivity (Wildman–Crippen MR) is 112 cm³/mol. The highest BCUT2D eigenvalue weighted by atomic mass is 16.3. The number of carbonyl (C=O) groups is 1. The minimum absolute atomic E-state index is 0.0499. The summed E-state index contributed by atoms with van der Waals surface area (Å²) < 4.78 is 5.68. The molecular formula is C21H24N6O2. The Bertz CT molecular complexity index is 1050. The van der Waals surface area contributed by atoms with E-state index in [1.54, 1.807) is 6.26 Å². The molecule has 0 spiro atoms. The summed E-state index contributed by atoms with van der Waals surface area (Å²) in [4.78, 5) is 23.3. The minimum atomic E-state index is 0.0499. The van der Waals surface area contributed by atoms with Gasteiger partial charge in [0.15, 0.2) is 11.4 Å². The zero-order valence-corrected chi connectivity index (χ0v) is 16.1. The number of carbonyl (C=O) groups excluding carboxylic acids is 1. The number of furan rings is 1. The molecule has 5 rings (SSSR count). The van der Waals surface area contributed by atoms with Crippen molar-refractivity contribution in [3.63, 3.8) is 0 Å². The second-order valence-corrected chi connectivity index (χ2v) is 7.72. The van der Waals surface area contributed by atoms with E-state index in [9.17, 15) is 4.79 Å². The highest BCUT2D eigenvalue weighted by molar-refractivity contribution is 5.94. The SMILES string of the molecule is NCC1CCN(c2nc(Nc3ccc4c(c3)NC(=O)CC4)nc3ccoc23)CC1. The average Bonchev–Trinajstić information content (AvgIpc) is 3.21. The molecule has 1 fully saturated rings. The maximum Gasteiger partial charge on any atom is 0.229 e. The lowest BCUT2D eigenvalue weighted by molar-refractivity contribution is -0.116. The van der Waals surface area contributed by atoms with Gasteiger partial charge in [-0.2, -0.15) is 4.98 Å². The molecule has 0 aliphatic carbocycles. The quantitative estimate of drug-likeness (QED) is 0.626. The van der Waals surface area contributed by atoms with Gasteiger partial charge in [-0.1, -0.05) is 6.07 Å². The molecule has 8 nitrogen and oxygen atoms in total. The molecule has 150 valence electrons. The van der Waals surface area contributed by atoms with Crippen LogP contribution in [0.1, 0.15) is 24.8 Å². The second-order valence-electron chi connectivity index (χ2n) is 7.72. The molecule has 29 heavy (non-hydrogen) atoms. The molecule has 1 amide bonds. The molecule has 1 saturated heterocycles. The van der Waals surface area contributed by atoms with E-state index in [-0.39, 0.29) is 5.91 Å². The van der Waals surface area contributed by atoms with Gasteiger partial charge in [0.05, 0.1) is 6.26 Å². The van der Waals surface area contributed by atoms with Crippen LogP contribution < -0.4 is 21.3 Å². The fourth-order valence-corrected chi connectivity index (χ4v) is 4.08. The van der Waals surface area contributed by atoms with Crippen LogP contribution in [-0.4, -0.2) is 35.5 Å². The number of hydrogen-bond donors (Lipinski definition) is 3. The van der Waals surface area contributed by atoms with Gasteiger partial charge in [-0.15, -0.1) is 0 Å². The molecule has 3 aromatic rings. The number of piperidine rings is 1. The van der Waals surface area contributed by atoms with E-state index in [0.717, 1.165) is 67.2 Å². The van der Waals surface area contributed by atoms with Gasteiger partial charge in [0.2, 0.25) is 11.9 Å². The predicted octanol–water partition coefficient (Wildman–Crippen LogP) is 3.03. The van der Waals surface area contributed by atoms with Gasteiger partial charge in [-0.3, -0.25) is 4.79 Å². The van der Waals surface area contributed by atoms with E-state index >= 15 is 0 Å². The Morgan fingerprint density at radius 3 is 2.90 bits per heavy atom. The van der Waals surface area contributed by atoms with Crippen molar-refractivity contribution in [1.29, 1.82) is 0 Å². The fourth-order valence-electron chi connectivity index (χ4n) is 4.08. The summed E-state index contributed by atoms with van der Waals surface area (Å²) in [6, 6.07) is 7.81. The smallest absolute Gasteiger partial charge is 0.229 e. The minimum Gasteiger partial charge on any atom is -0.459 e. The van der Waals surface area contributed by atoms with Crippen LogP contribution in [0.3, 0.4) is 0 Å². The Morgan fingerprint density at radius 2 is 2.07 bits per heavy atom. The van der Waals surface area contributed by atoms with E-state index in [1.807, 2.05) is 24.3 Å². The first-order chi connectivity index (χ1) is 14.2. The molecule has 2 aliphatic rings. The number of amides is 1. The van der Waals surface area contributed by atoms with E-state index in [1.165, 1.54) is 0 Å². The summed E-state index contributed by atoms with van der Waals surface area (Å²) in [6.45, 7) is 2.54. The molecule has 4 heterocycles. The number of nitrogens with one attached hydrogen (secondary N) is 2. The number of fused-ring (bicyclic) bond motifs is 2. The number of aromatic nitrogens is 2. The number of aryl methyl sites for hydroxylation is 1. The van der Waals surface area contributed by atoms with Crippen molar-refractivity contribution < 1.29 is 9.21 Å². The van der Waals surface area contributed by atoms with Crippen LogP contribution in [0.15, 0.2) is 34.9 Å². The van der Waals surface area contributed by atoms with Crippen molar-refractivity contribution in [1.82, 2.24) is 9.97 Å². The first kappa shape index (κ1) is 17.9. The van der Waals surface area contributed by atoms with Crippen molar-refractivity contribution in [2.24, 2.45) is 11.7 Å². The Kier molecular flexibility index (Phi) is 4.55. The maximum absolute atomic E-state index is 11.7. The number of benzene rings is 1. The van der Waals surface area contributed by atoms with Crippen molar-refractivity contribution in [2.75, 3.05) is 35.2 Å². The highest BCUT2D eigenvalue weighted by Crippen LogP contribution is 2.31. The molecule has 2 aromatic heterocycles. The number of nitrogens with zero attached hydrogens (tertiary/aromatic N) is 3. The van der Waals surface area contributed by atoms with Crippen LogP contribution in [0.4, 0.5) is 23.1 Å². The Hall–Kier alpha value is -3.13. The molecule has 8 heteroatoms. The molecule has 0 bridgehead atoms. The third-order valence-corrected chi connectivity index (χ3v) is 5.79. The third kappa shape index (κ3) is 3.51. The van der Waals surface area contributed by atoms with Crippen LogP contribution in [0.5, 0.6) is 0 Å². The van der Waals surface area contributed by atoms with Crippen molar-refractivity contribution in [3.05, 3.63) is 36.1 Å². The standard InChI is InChI=1S/C21H24N6O2/c22-12-13-5-8-27(9-6-13)20-19-16(7-10-29-19)25-21(26-20)23-15-3-1-14-2-4-18(28)24-17(14)11-15/h1,3,7,10-11,13H,2,4-6,8-9,12,22H2,(H,24,28)(H,23,25,26). The van der Waals surface area contributed by atoms with Gasteiger partial charge in [0, 0.05) is 37.0 Å². The van der Waals surface area contributed by atoms with Gasteiger partial charge in [0.25, 0.3) is 0 Å². The Balaban J connectivity index is 1.44. The monoisotopic (exact) mass is 392 g/mol. The summed E-state index contributed by atoms with van der Waals surface area (Å²) in [5.74, 6) is 1.94. The summed E-state index contributed by atoms with van der Waals surface area (Å²) in [5.41, 5.74) is 10.1. The molecule has 2 aliphatic heterocycles. The lowest BCUT2D eigenvalue weighted by Gasteiger charge is -2.32. The van der Waals surface area contributed by atoms with Gasteiger partial charge in [0.1, 0.15) is 5.52 Å². The first-order valence-electron chi connectivity index (χ1n) is 10.1. The average molecular weight is 392 g/mol. The van der Waals surface area contributed by atoms with Gasteiger partial charge < -0.3 is 25.7 Å². The van der Waals surface area contributed by atoms with E-state index < -0.39 is 0 Å². The number of nitrogens with two attached hydrogens (primary N) is 1. The Morgan fingerprint density at radius 1 is 1.21 bits per heavy atom. The largest absolute Gasteiger partial charge is 0.459 e. The van der Waals surface area contributed by atoms with Crippen LogP contribution in [0.2, 0.25) is 0 Å². The van der Waals surface area contributed by atoms with E-state index in [0.29, 0.717) is 23.9 Å². The molecule has 0 unspecified atom stereocenters. The van der Waals surface area contributed by atoms with Gasteiger partial charge in [-0.05, 0) is 49.4 Å². The van der Waals surface area contributed by atoms with Crippen LogP contribution in [0.25, 0.3) is 11.1 Å².